The summed E-state index contributed by atoms with van der Waals surface area (Å²) in [5, 5.41) is 8.21. The third-order valence-corrected chi connectivity index (χ3v) is 8.27. The fourth-order valence-corrected chi connectivity index (χ4v) is 5.95. The van der Waals surface area contributed by atoms with Gasteiger partial charge in [0.2, 0.25) is 15.9 Å². The molecular weight excluding hydrogens is 444 g/mol. The Balaban J connectivity index is 1.20. The van der Waals surface area contributed by atoms with E-state index in [1.54, 1.807) is 47.6 Å². The molecule has 4 heterocycles. The van der Waals surface area contributed by atoms with Crippen LogP contribution in [0.2, 0.25) is 0 Å². The number of piperidine rings is 2. The number of carbonyl (C=O) groups is 1. The highest BCUT2D eigenvalue weighted by atomic mass is 32.2. The summed E-state index contributed by atoms with van der Waals surface area (Å²) in [6.45, 7) is 2.24. The fraction of sp³-hybridized carbons (Fsp3) is 0.435. The second-order valence-electron chi connectivity index (χ2n) is 8.48. The topological polar surface area (TPSA) is 110 Å². The van der Waals surface area contributed by atoms with Crippen LogP contribution >= 0.6 is 0 Å². The predicted octanol–water partition coefficient (Wildman–Crippen LogP) is 3.52. The standard InChI is InChI=1S/C23H26N4O5S/c28-23(18-6-8-19(9-7-18)33(29,30)27-12-2-1-3-13-27)26-14-10-17(11-15-26)21-24-25-22(32-21)20-5-4-16-31-20/h4-9,16-17H,1-3,10-15H2. The summed E-state index contributed by atoms with van der Waals surface area (Å²) in [5.41, 5.74) is 0.490. The third kappa shape index (κ3) is 4.45. The van der Waals surface area contributed by atoms with E-state index in [2.05, 4.69) is 10.2 Å². The maximum Gasteiger partial charge on any atom is 0.283 e. The van der Waals surface area contributed by atoms with Gasteiger partial charge in [0.1, 0.15) is 0 Å². The van der Waals surface area contributed by atoms with Crippen LogP contribution in [-0.2, 0) is 10.0 Å². The number of hydrogen-bond acceptors (Lipinski definition) is 7. The van der Waals surface area contributed by atoms with Crippen molar-refractivity contribution in [1.82, 2.24) is 19.4 Å². The molecule has 2 aliphatic heterocycles. The number of hydrogen-bond donors (Lipinski definition) is 0. The Morgan fingerprint density at radius 2 is 1.67 bits per heavy atom. The number of aromatic nitrogens is 2. The Bertz CT molecular complexity index is 1190. The summed E-state index contributed by atoms with van der Waals surface area (Å²) in [7, 11) is -3.50. The molecule has 5 rings (SSSR count). The molecule has 0 N–H and O–H groups in total. The number of sulfonamides is 1. The fourth-order valence-electron chi connectivity index (χ4n) is 4.44. The average molecular weight is 471 g/mol. The van der Waals surface area contributed by atoms with Crippen LogP contribution in [-0.4, -0.2) is 59.9 Å². The van der Waals surface area contributed by atoms with Crippen molar-refractivity contribution in [2.75, 3.05) is 26.2 Å². The number of furan rings is 1. The highest BCUT2D eigenvalue weighted by Gasteiger charge is 2.29. The van der Waals surface area contributed by atoms with Crippen molar-refractivity contribution in [2.24, 2.45) is 0 Å². The van der Waals surface area contributed by atoms with Gasteiger partial charge in [-0.3, -0.25) is 4.79 Å². The molecule has 0 spiro atoms. The van der Waals surface area contributed by atoms with Crippen molar-refractivity contribution in [2.45, 2.75) is 42.9 Å². The normalized spacial score (nSPS) is 18.5. The Labute approximate surface area is 192 Å². The molecule has 0 radical (unpaired) electrons. The van der Waals surface area contributed by atoms with Crippen molar-refractivity contribution in [3.8, 4) is 11.7 Å². The number of benzene rings is 1. The van der Waals surface area contributed by atoms with Crippen molar-refractivity contribution < 1.29 is 22.0 Å². The summed E-state index contributed by atoms with van der Waals surface area (Å²) in [5.74, 6) is 1.43. The average Bonchev–Trinajstić information content (AvgIpc) is 3.57. The quantitative estimate of drug-likeness (QED) is 0.561. The Morgan fingerprint density at radius 3 is 2.33 bits per heavy atom. The highest BCUT2D eigenvalue weighted by Crippen LogP contribution is 2.30. The van der Waals surface area contributed by atoms with Crippen LogP contribution in [0.3, 0.4) is 0 Å². The van der Waals surface area contributed by atoms with Crippen LogP contribution in [0.4, 0.5) is 0 Å². The molecule has 174 valence electrons. The van der Waals surface area contributed by atoms with Crippen LogP contribution in [0.25, 0.3) is 11.7 Å². The van der Waals surface area contributed by atoms with E-state index in [-0.39, 0.29) is 16.7 Å². The third-order valence-electron chi connectivity index (χ3n) is 6.36. The summed E-state index contributed by atoms with van der Waals surface area (Å²) in [4.78, 5) is 15.0. The second kappa shape index (κ2) is 9.11. The minimum Gasteiger partial charge on any atom is -0.459 e. The van der Waals surface area contributed by atoms with Crippen LogP contribution in [0.1, 0.15) is 54.3 Å². The van der Waals surface area contributed by atoms with E-state index in [1.165, 1.54) is 4.31 Å². The first-order valence-electron chi connectivity index (χ1n) is 11.3. The molecule has 33 heavy (non-hydrogen) atoms. The number of amides is 1. The molecule has 0 unspecified atom stereocenters. The SMILES string of the molecule is O=C(c1ccc(S(=O)(=O)N2CCCCC2)cc1)N1CCC(c2nnc(-c3ccco3)o2)CC1. The molecule has 3 aromatic rings. The molecule has 10 heteroatoms. The Hall–Kier alpha value is -2.98. The first-order valence-corrected chi connectivity index (χ1v) is 12.7. The second-order valence-corrected chi connectivity index (χ2v) is 10.4. The molecule has 0 aliphatic carbocycles. The molecule has 0 atom stereocenters. The Kier molecular flexibility index (Phi) is 6.03. The summed E-state index contributed by atoms with van der Waals surface area (Å²) < 4.78 is 38.2. The van der Waals surface area contributed by atoms with Gasteiger partial charge in [0, 0.05) is 37.7 Å². The molecule has 2 saturated heterocycles. The van der Waals surface area contributed by atoms with E-state index in [0.717, 1.165) is 19.3 Å². The number of carbonyl (C=O) groups excluding carboxylic acids is 1. The van der Waals surface area contributed by atoms with Gasteiger partial charge in [-0.15, -0.1) is 10.2 Å². The van der Waals surface area contributed by atoms with Crippen LogP contribution < -0.4 is 0 Å². The minimum absolute atomic E-state index is 0.0855. The molecule has 0 bridgehead atoms. The lowest BCUT2D eigenvalue weighted by Gasteiger charge is -2.30. The van der Waals surface area contributed by atoms with Crippen LogP contribution in [0, 0.1) is 0 Å². The summed E-state index contributed by atoms with van der Waals surface area (Å²) >= 11 is 0. The summed E-state index contributed by atoms with van der Waals surface area (Å²) in [6.07, 6.45) is 5.83. The first kappa shape index (κ1) is 21.8. The van der Waals surface area contributed by atoms with E-state index in [0.29, 0.717) is 62.1 Å². The van der Waals surface area contributed by atoms with E-state index >= 15 is 0 Å². The van der Waals surface area contributed by atoms with Gasteiger partial charge in [0.05, 0.1) is 11.2 Å². The van der Waals surface area contributed by atoms with Gasteiger partial charge in [-0.05, 0) is 62.1 Å². The monoisotopic (exact) mass is 470 g/mol. The van der Waals surface area contributed by atoms with Crippen LogP contribution in [0.15, 0.2) is 56.4 Å². The maximum atomic E-state index is 13.0. The zero-order valence-corrected chi connectivity index (χ0v) is 19.0. The van der Waals surface area contributed by atoms with Gasteiger partial charge in [0.25, 0.3) is 11.8 Å². The largest absolute Gasteiger partial charge is 0.459 e. The lowest BCUT2D eigenvalue weighted by molar-refractivity contribution is 0.0706. The van der Waals surface area contributed by atoms with Gasteiger partial charge in [0.15, 0.2) is 5.76 Å². The molecular formula is C23H26N4O5S. The summed E-state index contributed by atoms with van der Waals surface area (Å²) in [6, 6.07) is 9.83. The molecule has 2 aromatic heterocycles. The lowest BCUT2D eigenvalue weighted by atomic mass is 9.96. The van der Waals surface area contributed by atoms with Crippen molar-refractivity contribution in [3.63, 3.8) is 0 Å². The molecule has 9 nitrogen and oxygen atoms in total. The van der Waals surface area contributed by atoms with Crippen LogP contribution in [0.5, 0.6) is 0 Å². The van der Waals surface area contributed by atoms with E-state index in [4.69, 9.17) is 8.83 Å². The Morgan fingerprint density at radius 1 is 0.939 bits per heavy atom. The maximum absolute atomic E-state index is 13.0. The number of rotatable bonds is 5. The number of likely N-dealkylation sites (tertiary alicyclic amines) is 1. The molecule has 2 fully saturated rings. The van der Waals surface area contributed by atoms with Gasteiger partial charge in [-0.25, -0.2) is 8.42 Å². The highest BCUT2D eigenvalue weighted by molar-refractivity contribution is 7.89. The zero-order valence-electron chi connectivity index (χ0n) is 18.2. The molecule has 2 aliphatic rings. The van der Waals surface area contributed by atoms with Gasteiger partial charge in [-0.1, -0.05) is 6.42 Å². The van der Waals surface area contributed by atoms with E-state index < -0.39 is 10.0 Å². The zero-order chi connectivity index (χ0) is 22.8. The smallest absolute Gasteiger partial charge is 0.283 e. The first-order chi connectivity index (χ1) is 16.0. The van der Waals surface area contributed by atoms with Crippen molar-refractivity contribution in [3.05, 3.63) is 54.1 Å². The number of nitrogens with zero attached hydrogens (tertiary/aromatic N) is 4. The molecule has 1 aromatic carbocycles. The van der Waals surface area contributed by atoms with Crippen molar-refractivity contribution in [1.29, 1.82) is 0 Å². The lowest BCUT2D eigenvalue weighted by Crippen LogP contribution is -2.38. The van der Waals surface area contributed by atoms with E-state index in [1.807, 2.05) is 0 Å². The van der Waals surface area contributed by atoms with Gasteiger partial charge >= 0.3 is 0 Å². The minimum atomic E-state index is -3.50. The molecule has 1 amide bonds. The van der Waals surface area contributed by atoms with Gasteiger partial charge in [-0.2, -0.15) is 4.31 Å². The predicted molar refractivity (Wildman–Crippen MR) is 119 cm³/mol. The molecule has 0 saturated carbocycles. The van der Waals surface area contributed by atoms with E-state index in [9.17, 15) is 13.2 Å². The van der Waals surface area contributed by atoms with Crippen molar-refractivity contribution >= 4 is 15.9 Å². The van der Waals surface area contributed by atoms with Gasteiger partial charge < -0.3 is 13.7 Å².